The van der Waals surface area contributed by atoms with Gasteiger partial charge in [-0.25, -0.2) is 9.78 Å². The van der Waals surface area contributed by atoms with Gasteiger partial charge in [0.05, 0.1) is 46.4 Å². The molecular weight excluding hydrogens is 500 g/mol. The molecule has 0 unspecified atom stereocenters. The summed E-state index contributed by atoms with van der Waals surface area (Å²) in [6, 6.07) is 6.78. The van der Waals surface area contributed by atoms with Gasteiger partial charge in [0.2, 0.25) is 5.95 Å². The zero-order valence-corrected chi connectivity index (χ0v) is 20.9. The largest absolute Gasteiger partial charge is 0.465 e. The van der Waals surface area contributed by atoms with E-state index in [0.717, 1.165) is 0 Å². The highest BCUT2D eigenvalue weighted by atomic mass is 35.5. The van der Waals surface area contributed by atoms with Gasteiger partial charge in [-0.1, -0.05) is 11.6 Å². The molecule has 0 bridgehead atoms. The average molecular weight is 525 g/mol. The van der Waals surface area contributed by atoms with Gasteiger partial charge in [-0.2, -0.15) is 20.0 Å². The Bertz CT molecular complexity index is 1410. The SMILES string of the molecule is CCNc1nc(Nc2cc(C#N)cc(N3CC[C@@H](N(CC)C(=O)O)[C@H](O)C3)c2Cl)nn2c(C#N)cnc12. The maximum absolute atomic E-state index is 11.5. The summed E-state index contributed by atoms with van der Waals surface area (Å²) in [6.07, 6.45) is -0.236. The summed E-state index contributed by atoms with van der Waals surface area (Å²) < 4.78 is 1.36. The normalized spacial score (nSPS) is 17.2. The highest BCUT2D eigenvalue weighted by Gasteiger charge is 2.35. The van der Waals surface area contributed by atoms with Crippen LogP contribution >= 0.6 is 11.6 Å². The van der Waals surface area contributed by atoms with Crippen molar-refractivity contribution in [1.82, 2.24) is 24.5 Å². The zero-order valence-electron chi connectivity index (χ0n) is 20.2. The Balaban J connectivity index is 1.68. The van der Waals surface area contributed by atoms with E-state index in [9.17, 15) is 25.5 Å². The Hall–Kier alpha value is -4.33. The van der Waals surface area contributed by atoms with Gasteiger partial charge in [0.25, 0.3) is 0 Å². The fourth-order valence-electron chi connectivity index (χ4n) is 4.43. The smallest absolute Gasteiger partial charge is 0.407 e. The number of halogens is 1. The first-order chi connectivity index (χ1) is 17.8. The van der Waals surface area contributed by atoms with Crippen LogP contribution in [0.2, 0.25) is 5.02 Å². The van der Waals surface area contributed by atoms with Crippen molar-refractivity contribution in [2.45, 2.75) is 32.4 Å². The standard InChI is InChI=1S/C23H25ClN10O3/c1-3-27-20-21-28-11-14(10-26)34(21)31-22(30-20)29-15-7-13(9-25)8-17(19(15)24)32-6-5-16(18(35)12-32)33(4-2)23(36)37/h7-8,11,16,18,35H,3-6,12H2,1-2H3,(H,36,37)(H2,27,29,30,31)/t16-,18-/m1/s1. The van der Waals surface area contributed by atoms with Gasteiger partial charge >= 0.3 is 6.09 Å². The number of carboxylic acid groups (broad SMARTS) is 1. The molecule has 4 rings (SSSR count). The Morgan fingerprint density at radius 2 is 2.11 bits per heavy atom. The number of likely N-dealkylation sites (N-methyl/N-ethyl adjacent to an activating group) is 1. The van der Waals surface area contributed by atoms with E-state index in [4.69, 9.17) is 11.6 Å². The number of hydrogen-bond acceptors (Lipinski definition) is 10. The number of β-amino-alcohol motifs (C(OH)–C–C–N with tert-alkyl or cyclic N) is 1. The van der Waals surface area contributed by atoms with E-state index in [0.29, 0.717) is 47.9 Å². The molecule has 2 atom stereocenters. The summed E-state index contributed by atoms with van der Waals surface area (Å²) in [6.45, 7) is 5.00. The van der Waals surface area contributed by atoms with E-state index in [-0.39, 0.29) is 29.8 Å². The molecule has 1 aromatic carbocycles. The van der Waals surface area contributed by atoms with Crippen molar-refractivity contribution in [2.75, 3.05) is 41.7 Å². The first-order valence-corrected chi connectivity index (χ1v) is 12.0. The second-order valence-electron chi connectivity index (χ2n) is 8.34. The van der Waals surface area contributed by atoms with Gasteiger partial charge in [0.15, 0.2) is 17.2 Å². The molecule has 37 heavy (non-hydrogen) atoms. The minimum absolute atomic E-state index is 0.125. The van der Waals surface area contributed by atoms with Gasteiger partial charge in [0.1, 0.15) is 6.07 Å². The molecule has 4 N–H and O–H groups in total. The third-order valence-corrected chi connectivity index (χ3v) is 6.52. The summed E-state index contributed by atoms with van der Waals surface area (Å²) in [7, 11) is 0. The van der Waals surface area contributed by atoms with Crippen LogP contribution in [0, 0.1) is 22.7 Å². The number of rotatable bonds is 7. The van der Waals surface area contributed by atoms with Crippen LogP contribution in [0.15, 0.2) is 18.3 Å². The summed E-state index contributed by atoms with van der Waals surface area (Å²) >= 11 is 6.76. The fraction of sp³-hybridized carbons (Fsp3) is 0.391. The van der Waals surface area contributed by atoms with Crippen molar-refractivity contribution in [3.8, 4) is 12.1 Å². The maximum Gasteiger partial charge on any atom is 0.407 e. The molecule has 1 amide bonds. The Morgan fingerprint density at radius 1 is 1.32 bits per heavy atom. The number of carbonyl (C=O) groups is 1. The number of nitrogens with zero attached hydrogens (tertiary/aromatic N) is 8. The first-order valence-electron chi connectivity index (χ1n) is 11.6. The molecule has 0 radical (unpaired) electrons. The second kappa shape index (κ2) is 10.7. The number of hydrogen-bond donors (Lipinski definition) is 4. The molecule has 0 spiro atoms. The van der Waals surface area contributed by atoms with E-state index in [1.807, 2.05) is 17.9 Å². The molecule has 13 nitrogen and oxygen atoms in total. The highest BCUT2D eigenvalue weighted by Crippen LogP contribution is 2.37. The number of piperidine rings is 1. The number of aromatic nitrogens is 4. The van der Waals surface area contributed by atoms with Gasteiger partial charge in [-0.15, -0.1) is 5.10 Å². The molecule has 1 fully saturated rings. The van der Waals surface area contributed by atoms with Crippen LogP contribution in [-0.2, 0) is 0 Å². The Labute approximate surface area is 217 Å². The molecule has 3 heterocycles. The average Bonchev–Trinajstić information content (AvgIpc) is 3.30. The number of anilines is 4. The van der Waals surface area contributed by atoms with Crippen molar-refractivity contribution >= 4 is 46.5 Å². The van der Waals surface area contributed by atoms with Gasteiger partial charge in [-0.05, 0) is 32.4 Å². The van der Waals surface area contributed by atoms with Crippen LogP contribution in [0.1, 0.15) is 31.5 Å². The number of imidazole rings is 1. The van der Waals surface area contributed by atoms with Crippen molar-refractivity contribution in [3.05, 3.63) is 34.6 Å². The lowest BCUT2D eigenvalue weighted by Crippen LogP contribution is -2.55. The molecule has 14 heteroatoms. The van der Waals surface area contributed by atoms with E-state index in [1.54, 1.807) is 19.1 Å². The van der Waals surface area contributed by atoms with Crippen LogP contribution in [-0.4, -0.2) is 79.1 Å². The molecule has 1 aliphatic heterocycles. The molecular formula is C23H25ClN10O3. The Morgan fingerprint density at radius 3 is 2.73 bits per heavy atom. The summed E-state index contributed by atoms with van der Waals surface area (Å²) in [5, 5.41) is 50.0. The molecule has 192 valence electrons. The first kappa shape index (κ1) is 25.8. The topological polar surface area (TPSA) is 179 Å². The number of amides is 1. The van der Waals surface area contributed by atoms with Crippen LogP contribution < -0.4 is 15.5 Å². The number of aliphatic hydroxyl groups is 1. The molecule has 3 aromatic rings. The monoisotopic (exact) mass is 524 g/mol. The second-order valence-corrected chi connectivity index (χ2v) is 8.71. The zero-order chi connectivity index (χ0) is 26.7. The lowest BCUT2D eigenvalue weighted by atomic mass is 9.99. The van der Waals surface area contributed by atoms with Crippen LogP contribution in [0.5, 0.6) is 0 Å². The third-order valence-electron chi connectivity index (χ3n) is 6.12. The van der Waals surface area contributed by atoms with Crippen LogP contribution in [0.3, 0.4) is 0 Å². The number of nitrogens with one attached hydrogen (secondary N) is 2. The molecule has 1 saturated heterocycles. The fourth-order valence-corrected chi connectivity index (χ4v) is 4.70. The van der Waals surface area contributed by atoms with E-state index >= 15 is 0 Å². The van der Waals surface area contributed by atoms with Crippen LogP contribution in [0.4, 0.5) is 27.9 Å². The van der Waals surface area contributed by atoms with Crippen molar-refractivity contribution in [2.24, 2.45) is 0 Å². The minimum Gasteiger partial charge on any atom is -0.465 e. The molecule has 2 aromatic heterocycles. The van der Waals surface area contributed by atoms with E-state index < -0.39 is 18.2 Å². The molecule has 0 saturated carbocycles. The number of aliphatic hydroxyl groups excluding tert-OH is 1. The number of fused-ring (bicyclic) bond motifs is 1. The van der Waals surface area contributed by atoms with E-state index in [2.05, 4.69) is 31.8 Å². The highest BCUT2D eigenvalue weighted by molar-refractivity contribution is 6.36. The maximum atomic E-state index is 11.5. The minimum atomic E-state index is -1.08. The summed E-state index contributed by atoms with van der Waals surface area (Å²) in [5.41, 5.74) is 1.78. The number of benzene rings is 1. The third kappa shape index (κ3) is 5.00. The van der Waals surface area contributed by atoms with Gasteiger partial charge < -0.3 is 30.6 Å². The van der Waals surface area contributed by atoms with Crippen molar-refractivity contribution < 1.29 is 15.0 Å². The lowest BCUT2D eigenvalue weighted by Gasteiger charge is -2.41. The molecule has 0 aliphatic carbocycles. The molecule has 1 aliphatic rings. The predicted octanol–water partition coefficient (Wildman–Crippen LogP) is 2.64. The quantitative estimate of drug-likeness (QED) is 0.357. The van der Waals surface area contributed by atoms with Gasteiger partial charge in [0, 0.05) is 26.2 Å². The van der Waals surface area contributed by atoms with Crippen molar-refractivity contribution in [1.29, 1.82) is 10.5 Å². The van der Waals surface area contributed by atoms with Crippen LogP contribution in [0.25, 0.3) is 5.65 Å². The number of nitriles is 2. The lowest BCUT2D eigenvalue weighted by molar-refractivity contribution is 0.0404. The summed E-state index contributed by atoms with van der Waals surface area (Å²) in [4.78, 5) is 23.3. The van der Waals surface area contributed by atoms with Gasteiger partial charge in [-0.3, -0.25) is 0 Å². The van der Waals surface area contributed by atoms with Crippen molar-refractivity contribution in [3.63, 3.8) is 0 Å². The van der Waals surface area contributed by atoms with E-state index in [1.165, 1.54) is 15.6 Å². The Kier molecular flexibility index (Phi) is 7.47. The summed E-state index contributed by atoms with van der Waals surface area (Å²) in [5.74, 6) is 0.540. The predicted molar refractivity (Wildman–Crippen MR) is 136 cm³/mol.